The molecule has 2 aromatic rings. The third-order valence-corrected chi connectivity index (χ3v) is 4.93. The zero-order valence-electron chi connectivity index (χ0n) is 11.0. The van der Waals surface area contributed by atoms with Crippen molar-refractivity contribution < 1.29 is 0 Å². The molecule has 1 aliphatic rings. The molecule has 0 atom stereocenters. The highest BCUT2D eigenvalue weighted by Gasteiger charge is 2.24. The predicted octanol–water partition coefficient (Wildman–Crippen LogP) is 5.00. The van der Waals surface area contributed by atoms with Gasteiger partial charge in [-0.2, -0.15) is 0 Å². The Kier molecular flexibility index (Phi) is 3.33. The van der Waals surface area contributed by atoms with Gasteiger partial charge in [0, 0.05) is 22.2 Å². The molecule has 3 heteroatoms. The van der Waals surface area contributed by atoms with Gasteiger partial charge in [0.05, 0.1) is 10.7 Å². The van der Waals surface area contributed by atoms with Crippen LogP contribution in [0.25, 0.3) is 10.8 Å². The molecule has 0 radical (unpaired) electrons. The molecule has 0 bridgehead atoms. The van der Waals surface area contributed by atoms with E-state index in [1.165, 1.54) is 26.4 Å². The second-order valence-electron chi connectivity index (χ2n) is 4.60. The Hall–Kier alpha value is -1.32. The van der Waals surface area contributed by atoms with Crippen LogP contribution in [0.5, 0.6) is 0 Å². The van der Waals surface area contributed by atoms with Gasteiger partial charge in [-0.15, -0.1) is 0 Å². The van der Waals surface area contributed by atoms with Gasteiger partial charge in [0.2, 0.25) is 0 Å². The van der Waals surface area contributed by atoms with Gasteiger partial charge in [0.15, 0.2) is 0 Å². The van der Waals surface area contributed by atoms with Crippen LogP contribution in [0.4, 0.5) is 5.69 Å². The van der Waals surface area contributed by atoms with E-state index in [1.54, 1.807) is 11.8 Å². The number of hydrogen-bond acceptors (Lipinski definition) is 3. The summed E-state index contributed by atoms with van der Waals surface area (Å²) in [4.78, 5) is 4.57. The Morgan fingerprint density at radius 1 is 1.26 bits per heavy atom. The normalized spacial score (nSPS) is 16.1. The summed E-state index contributed by atoms with van der Waals surface area (Å²) in [7, 11) is 2.12. The molecule has 0 amide bonds. The van der Waals surface area contributed by atoms with E-state index in [1.807, 2.05) is 0 Å². The summed E-state index contributed by atoms with van der Waals surface area (Å²) < 4.78 is 0. The summed E-state index contributed by atoms with van der Waals surface area (Å²) in [6.45, 7) is 2.10. The molecule has 0 N–H and O–H groups in total. The molecule has 1 nitrogen and oxygen atoms in total. The van der Waals surface area contributed by atoms with Crippen molar-refractivity contribution in [1.82, 2.24) is 0 Å². The number of benzene rings is 2. The van der Waals surface area contributed by atoms with Crippen LogP contribution in [0, 0.1) is 0 Å². The zero-order valence-corrected chi connectivity index (χ0v) is 12.6. The number of anilines is 1. The molecule has 1 heterocycles. The highest BCUT2D eigenvalue weighted by Crippen LogP contribution is 2.48. The van der Waals surface area contributed by atoms with Crippen molar-refractivity contribution in [3.63, 3.8) is 0 Å². The van der Waals surface area contributed by atoms with E-state index in [4.69, 9.17) is 12.2 Å². The highest BCUT2D eigenvalue weighted by molar-refractivity contribution is 8.03. The minimum atomic E-state index is 0.921. The van der Waals surface area contributed by atoms with Crippen LogP contribution >= 0.6 is 24.0 Å². The second kappa shape index (κ2) is 4.99. The van der Waals surface area contributed by atoms with Gasteiger partial charge < -0.3 is 4.90 Å². The fraction of sp³-hybridized carbons (Fsp3) is 0.188. The number of rotatable bonds is 2. The lowest BCUT2D eigenvalue weighted by Gasteiger charge is -2.15. The van der Waals surface area contributed by atoms with E-state index in [-0.39, 0.29) is 0 Å². The minimum absolute atomic E-state index is 0.921. The lowest BCUT2D eigenvalue weighted by atomic mass is 10.1. The molecule has 0 aliphatic carbocycles. The Morgan fingerprint density at radius 3 is 2.84 bits per heavy atom. The fourth-order valence-electron chi connectivity index (χ4n) is 2.32. The number of thioether (sulfide) groups is 1. The van der Waals surface area contributed by atoms with E-state index >= 15 is 0 Å². The average molecular weight is 285 g/mol. The van der Waals surface area contributed by atoms with E-state index in [0.717, 1.165) is 11.3 Å². The first kappa shape index (κ1) is 12.7. The van der Waals surface area contributed by atoms with E-state index < -0.39 is 0 Å². The van der Waals surface area contributed by atoms with Crippen molar-refractivity contribution in [3.8, 4) is 0 Å². The summed E-state index contributed by atoms with van der Waals surface area (Å²) in [6.07, 6.45) is 3.04. The molecule has 0 spiro atoms. The summed E-state index contributed by atoms with van der Waals surface area (Å²) in [5, 5.41) is 3.81. The van der Waals surface area contributed by atoms with Gasteiger partial charge in [0.1, 0.15) is 0 Å². The zero-order chi connectivity index (χ0) is 13.4. The number of nitrogens with zero attached hydrogens (tertiary/aromatic N) is 1. The molecule has 0 saturated heterocycles. The van der Waals surface area contributed by atoms with E-state index in [9.17, 15) is 0 Å². The molecule has 19 heavy (non-hydrogen) atoms. The fourth-order valence-corrected chi connectivity index (χ4v) is 3.64. The Labute approximate surface area is 123 Å². The average Bonchev–Trinajstić information content (AvgIpc) is 2.76. The summed E-state index contributed by atoms with van der Waals surface area (Å²) >= 11 is 7.14. The Morgan fingerprint density at radius 2 is 2.05 bits per heavy atom. The molecule has 0 aromatic heterocycles. The van der Waals surface area contributed by atoms with Crippen molar-refractivity contribution in [1.29, 1.82) is 0 Å². The van der Waals surface area contributed by atoms with Crippen molar-refractivity contribution in [2.45, 2.75) is 18.2 Å². The van der Waals surface area contributed by atoms with Gasteiger partial charge in [-0.25, -0.2) is 0 Å². The van der Waals surface area contributed by atoms with Gasteiger partial charge in [-0.05, 0) is 23.9 Å². The second-order valence-corrected chi connectivity index (χ2v) is 6.18. The van der Waals surface area contributed by atoms with E-state index in [2.05, 4.69) is 61.3 Å². The van der Waals surface area contributed by atoms with Crippen molar-refractivity contribution in [2.75, 3.05) is 11.9 Å². The van der Waals surface area contributed by atoms with Crippen molar-refractivity contribution >= 4 is 45.3 Å². The van der Waals surface area contributed by atoms with Crippen LogP contribution in [0.3, 0.4) is 0 Å². The molecule has 0 saturated carbocycles. The van der Waals surface area contributed by atoms with Crippen LogP contribution in [-0.4, -0.2) is 11.9 Å². The number of allylic oxidation sites excluding steroid dienone is 1. The molecule has 96 valence electrons. The Balaban J connectivity index is 2.13. The maximum atomic E-state index is 5.34. The maximum Gasteiger partial charge on any atom is 0.0810 e. The first-order valence-electron chi connectivity index (χ1n) is 6.38. The summed E-state index contributed by atoms with van der Waals surface area (Å²) in [6, 6.07) is 12.9. The van der Waals surface area contributed by atoms with Crippen LogP contribution in [0.1, 0.15) is 13.3 Å². The molecular formula is C16H15NS2. The predicted molar refractivity (Wildman–Crippen MR) is 89.2 cm³/mol. The smallest absolute Gasteiger partial charge is 0.0810 e. The SMILES string of the molecule is CCC(=S)/C=C1/Sc2ccc3ccccc3c2N1C. The molecule has 1 aliphatic heterocycles. The van der Waals surface area contributed by atoms with Gasteiger partial charge in [-0.3, -0.25) is 0 Å². The monoisotopic (exact) mass is 285 g/mol. The van der Waals surface area contributed by atoms with Crippen molar-refractivity contribution in [3.05, 3.63) is 47.5 Å². The molecule has 0 fully saturated rings. The summed E-state index contributed by atoms with van der Waals surface area (Å²) in [5.41, 5.74) is 1.30. The van der Waals surface area contributed by atoms with Crippen LogP contribution in [0.15, 0.2) is 52.4 Å². The molecule has 3 rings (SSSR count). The first-order valence-corrected chi connectivity index (χ1v) is 7.61. The minimum Gasteiger partial charge on any atom is -0.338 e. The molecular weight excluding hydrogens is 270 g/mol. The number of thiocarbonyl (C=S) groups is 1. The molecule has 2 aromatic carbocycles. The van der Waals surface area contributed by atoms with Gasteiger partial charge in [-0.1, -0.05) is 61.2 Å². The third kappa shape index (κ3) is 2.17. The largest absolute Gasteiger partial charge is 0.338 e. The third-order valence-electron chi connectivity index (χ3n) is 3.38. The number of fused-ring (bicyclic) bond motifs is 3. The van der Waals surface area contributed by atoms with Gasteiger partial charge in [0.25, 0.3) is 0 Å². The quantitative estimate of drug-likeness (QED) is 0.564. The van der Waals surface area contributed by atoms with Gasteiger partial charge >= 0.3 is 0 Å². The van der Waals surface area contributed by atoms with Crippen LogP contribution in [0.2, 0.25) is 0 Å². The summed E-state index contributed by atoms with van der Waals surface area (Å²) in [5.74, 6) is 0. The maximum absolute atomic E-state index is 5.34. The van der Waals surface area contributed by atoms with Crippen molar-refractivity contribution in [2.24, 2.45) is 0 Å². The van der Waals surface area contributed by atoms with Crippen LogP contribution < -0.4 is 4.90 Å². The van der Waals surface area contributed by atoms with Crippen LogP contribution in [-0.2, 0) is 0 Å². The van der Waals surface area contributed by atoms with E-state index in [0.29, 0.717) is 0 Å². The first-order chi connectivity index (χ1) is 9.20. The topological polar surface area (TPSA) is 3.24 Å². The lowest BCUT2D eigenvalue weighted by Crippen LogP contribution is -2.11. The number of hydrogen-bond donors (Lipinski definition) is 0. The molecule has 0 unspecified atom stereocenters. The Bertz CT molecular complexity index is 688. The lowest BCUT2D eigenvalue weighted by molar-refractivity contribution is 1.19. The standard InChI is InChI=1S/C16H15NS2/c1-3-12(18)10-15-17(2)16-13-7-5-4-6-11(13)8-9-14(16)19-15/h4-10H,3H2,1-2H3/b15-10+. The highest BCUT2D eigenvalue weighted by atomic mass is 32.2.